The van der Waals surface area contributed by atoms with Crippen LogP contribution in [0.4, 0.5) is 0 Å². The highest BCUT2D eigenvalue weighted by atomic mass is 32.2. The zero-order valence-corrected chi connectivity index (χ0v) is 26.1. The molecule has 3 aliphatic rings. The van der Waals surface area contributed by atoms with Crippen molar-refractivity contribution >= 4 is 38.5 Å². The molecule has 3 fully saturated rings. The number of fused-ring (bicyclic) bond motifs is 1. The number of ether oxygens (including phenoxy) is 2. The van der Waals surface area contributed by atoms with Gasteiger partial charge in [-0.25, -0.2) is 13.4 Å². The summed E-state index contributed by atoms with van der Waals surface area (Å²) in [6.07, 6.45) is 3.06. The van der Waals surface area contributed by atoms with Gasteiger partial charge in [0, 0.05) is 18.0 Å². The van der Waals surface area contributed by atoms with Crippen molar-refractivity contribution in [1.29, 1.82) is 0 Å². The molecule has 2 saturated carbocycles. The van der Waals surface area contributed by atoms with E-state index in [0.29, 0.717) is 37.3 Å². The number of nitrogens with one attached hydrogen (secondary N) is 2. The average molecular weight is 616 g/mol. The molecule has 1 aromatic carbocycles. The third-order valence-electron chi connectivity index (χ3n) is 8.81. The molecule has 3 amide bonds. The fourth-order valence-electron chi connectivity index (χ4n) is 5.73. The first kappa shape index (κ1) is 31.0. The molecule has 4 N–H and O–H groups in total. The number of sulfonamides is 1. The van der Waals surface area contributed by atoms with E-state index in [-0.39, 0.29) is 18.9 Å². The quantitative estimate of drug-likeness (QED) is 0.361. The van der Waals surface area contributed by atoms with Gasteiger partial charge in [0.2, 0.25) is 27.7 Å². The maximum atomic E-state index is 13.9. The molecule has 43 heavy (non-hydrogen) atoms. The van der Waals surface area contributed by atoms with E-state index in [1.54, 1.807) is 19.4 Å². The SMILES string of the molecule is CC[C@@H]1C[C@]1(NC(=O)[C@@H]1C[C@@H](Oc2nccc3cc(OC)ccc23)CN1C(=O)C(N)C(C)(C)C)C(=O)NS(=O)(=O)C1CC1. The molecule has 5 rings (SSSR count). The Morgan fingerprint density at radius 2 is 1.93 bits per heavy atom. The summed E-state index contributed by atoms with van der Waals surface area (Å²) in [5.74, 6) is -0.878. The van der Waals surface area contributed by atoms with Crippen molar-refractivity contribution in [1.82, 2.24) is 19.9 Å². The van der Waals surface area contributed by atoms with Gasteiger partial charge >= 0.3 is 0 Å². The summed E-state index contributed by atoms with van der Waals surface area (Å²) >= 11 is 0. The van der Waals surface area contributed by atoms with Gasteiger partial charge in [0.25, 0.3) is 5.91 Å². The van der Waals surface area contributed by atoms with Crippen molar-refractivity contribution < 1.29 is 32.3 Å². The van der Waals surface area contributed by atoms with Crippen LogP contribution in [0.5, 0.6) is 11.6 Å². The van der Waals surface area contributed by atoms with Crippen molar-refractivity contribution in [2.24, 2.45) is 17.1 Å². The lowest BCUT2D eigenvalue weighted by molar-refractivity contribution is -0.142. The fraction of sp³-hybridized carbons (Fsp3) is 0.600. The summed E-state index contributed by atoms with van der Waals surface area (Å²) in [6, 6.07) is 5.46. The molecule has 0 radical (unpaired) electrons. The first-order chi connectivity index (χ1) is 20.2. The van der Waals surface area contributed by atoms with Crippen molar-refractivity contribution in [3.05, 3.63) is 30.5 Å². The maximum Gasteiger partial charge on any atom is 0.259 e. The number of aromatic nitrogens is 1. The van der Waals surface area contributed by atoms with Crippen LogP contribution < -0.4 is 25.2 Å². The minimum atomic E-state index is -3.80. The number of likely N-dealkylation sites (tertiary alicyclic amines) is 1. The summed E-state index contributed by atoms with van der Waals surface area (Å²) in [7, 11) is -2.22. The minimum absolute atomic E-state index is 0.0847. The Labute approximate surface area is 252 Å². The minimum Gasteiger partial charge on any atom is -0.497 e. The summed E-state index contributed by atoms with van der Waals surface area (Å²) in [4.78, 5) is 46.7. The molecule has 2 aliphatic carbocycles. The predicted octanol–water partition coefficient (Wildman–Crippen LogP) is 1.86. The third kappa shape index (κ3) is 6.14. The van der Waals surface area contributed by atoms with Gasteiger partial charge in [0.1, 0.15) is 23.4 Å². The Morgan fingerprint density at radius 3 is 2.53 bits per heavy atom. The molecule has 234 valence electrons. The van der Waals surface area contributed by atoms with Crippen LogP contribution in [0.1, 0.15) is 59.8 Å². The topological polar surface area (TPSA) is 170 Å². The number of hydrogen-bond donors (Lipinski definition) is 3. The summed E-state index contributed by atoms with van der Waals surface area (Å²) in [5, 5.41) is 3.87. The van der Waals surface area contributed by atoms with E-state index < -0.39 is 62.1 Å². The van der Waals surface area contributed by atoms with E-state index >= 15 is 0 Å². The second-order valence-electron chi connectivity index (χ2n) is 13.0. The molecule has 12 nitrogen and oxygen atoms in total. The Balaban J connectivity index is 1.39. The molecule has 1 aromatic heterocycles. The monoisotopic (exact) mass is 615 g/mol. The fourth-order valence-corrected chi connectivity index (χ4v) is 7.09. The van der Waals surface area contributed by atoms with E-state index in [1.165, 1.54) is 4.90 Å². The number of carbonyl (C=O) groups is 3. The zero-order valence-electron chi connectivity index (χ0n) is 25.3. The first-order valence-corrected chi connectivity index (χ1v) is 16.3. The van der Waals surface area contributed by atoms with E-state index in [2.05, 4.69) is 15.0 Å². The molecule has 0 bridgehead atoms. The lowest BCUT2D eigenvalue weighted by Gasteiger charge is -2.33. The molecular formula is C30H41N5O7S. The highest BCUT2D eigenvalue weighted by Crippen LogP contribution is 2.47. The number of nitrogens with two attached hydrogens (primary N) is 1. The summed E-state index contributed by atoms with van der Waals surface area (Å²) < 4.78 is 38.9. The van der Waals surface area contributed by atoms with E-state index in [4.69, 9.17) is 15.2 Å². The number of carbonyl (C=O) groups excluding carboxylic acids is 3. The predicted molar refractivity (Wildman–Crippen MR) is 160 cm³/mol. The van der Waals surface area contributed by atoms with E-state index in [9.17, 15) is 22.8 Å². The standard InChI is InChI=1S/C30H41N5O7S/c1-6-18-15-30(18,28(38)34-43(39,40)21-8-9-21)33-25(36)23-14-20(16-35(23)27(37)24(31)29(2,3)4)42-26-22-10-7-19(41-5)13-17(22)11-12-32-26/h7,10-13,18,20-21,23-24H,6,8-9,14-16,31H2,1-5H3,(H,33,36)(H,34,38)/t18-,20-,23+,24?,30-/m1/s1. The maximum absolute atomic E-state index is 13.9. The second kappa shape index (κ2) is 11.2. The van der Waals surface area contributed by atoms with E-state index in [0.717, 1.165) is 10.8 Å². The van der Waals surface area contributed by atoms with Gasteiger partial charge < -0.3 is 25.4 Å². The van der Waals surface area contributed by atoms with Gasteiger partial charge in [-0.3, -0.25) is 19.1 Å². The number of nitrogens with zero attached hydrogens (tertiary/aromatic N) is 2. The highest BCUT2D eigenvalue weighted by molar-refractivity contribution is 7.91. The van der Waals surface area contributed by atoms with Gasteiger partial charge in [0.05, 0.1) is 24.9 Å². The largest absolute Gasteiger partial charge is 0.497 e. The lowest BCUT2D eigenvalue weighted by atomic mass is 9.86. The summed E-state index contributed by atoms with van der Waals surface area (Å²) in [5.41, 5.74) is 4.42. The number of pyridine rings is 1. The number of amides is 3. The van der Waals surface area contributed by atoms with Crippen molar-refractivity contribution in [3.63, 3.8) is 0 Å². The molecule has 1 saturated heterocycles. The number of methoxy groups -OCH3 is 1. The van der Waals surface area contributed by atoms with Crippen molar-refractivity contribution in [2.45, 2.75) is 88.8 Å². The van der Waals surface area contributed by atoms with E-state index in [1.807, 2.05) is 45.9 Å². The molecule has 0 spiro atoms. The van der Waals surface area contributed by atoms with Gasteiger partial charge in [-0.05, 0) is 60.2 Å². The van der Waals surface area contributed by atoms with Crippen LogP contribution in [0.3, 0.4) is 0 Å². The Kier molecular flexibility index (Phi) is 8.10. The first-order valence-electron chi connectivity index (χ1n) is 14.7. The molecule has 1 aliphatic heterocycles. The van der Waals surface area contributed by atoms with Crippen LogP contribution >= 0.6 is 0 Å². The third-order valence-corrected chi connectivity index (χ3v) is 10.6. The van der Waals surface area contributed by atoms with Gasteiger partial charge in [0.15, 0.2) is 0 Å². The Hall–Kier alpha value is -3.45. The van der Waals surface area contributed by atoms with Crippen LogP contribution in [-0.2, 0) is 24.4 Å². The molecule has 13 heteroatoms. The number of hydrogen-bond acceptors (Lipinski definition) is 9. The lowest BCUT2D eigenvalue weighted by Crippen LogP contribution is -2.59. The molecule has 1 unspecified atom stereocenters. The summed E-state index contributed by atoms with van der Waals surface area (Å²) in [6.45, 7) is 7.50. The average Bonchev–Trinajstić information content (AvgIpc) is 3.88. The normalized spacial score (nSPS) is 26.1. The van der Waals surface area contributed by atoms with Crippen LogP contribution in [0.2, 0.25) is 0 Å². The molecule has 5 atom stereocenters. The van der Waals surface area contributed by atoms with Crippen LogP contribution in [-0.4, -0.2) is 78.7 Å². The number of rotatable bonds is 10. The van der Waals surface area contributed by atoms with Gasteiger partial charge in [-0.15, -0.1) is 0 Å². The smallest absolute Gasteiger partial charge is 0.259 e. The van der Waals surface area contributed by atoms with Crippen molar-refractivity contribution in [2.75, 3.05) is 13.7 Å². The van der Waals surface area contributed by atoms with Gasteiger partial charge in [-0.2, -0.15) is 0 Å². The van der Waals surface area contributed by atoms with Crippen LogP contribution in [0.25, 0.3) is 10.8 Å². The molecular weight excluding hydrogens is 574 g/mol. The Bertz CT molecular complexity index is 1540. The van der Waals surface area contributed by atoms with Gasteiger partial charge in [-0.1, -0.05) is 34.1 Å². The Morgan fingerprint density at radius 1 is 1.21 bits per heavy atom. The van der Waals surface area contributed by atoms with Crippen LogP contribution in [0.15, 0.2) is 30.5 Å². The number of benzene rings is 1. The van der Waals surface area contributed by atoms with Crippen LogP contribution in [0, 0.1) is 11.3 Å². The molecule has 2 aromatic rings. The van der Waals surface area contributed by atoms with Crippen molar-refractivity contribution in [3.8, 4) is 11.6 Å². The molecule has 2 heterocycles. The highest BCUT2D eigenvalue weighted by Gasteiger charge is 2.62. The second-order valence-corrected chi connectivity index (χ2v) is 14.9. The zero-order chi connectivity index (χ0) is 31.3.